The van der Waals surface area contributed by atoms with Crippen molar-refractivity contribution in [1.82, 2.24) is 9.80 Å². The average molecular weight is 262 g/mol. The lowest BCUT2D eigenvalue weighted by atomic mass is 10.0. The van der Waals surface area contributed by atoms with E-state index in [-0.39, 0.29) is 11.7 Å². The number of phenols is 1. The van der Waals surface area contributed by atoms with E-state index in [1.807, 2.05) is 18.9 Å². The molecule has 1 heterocycles. The molecule has 2 rings (SSSR count). The molecule has 0 aromatic heterocycles. The van der Waals surface area contributed by atoms with Gasteiger partial charge in [-0.2, -0.15) is 0 Å². The zero-order valence-corrected chi connectivity index (χ0v) is 11.9. The first-order valence-electron chi connectivity index (χ1n) is 6.74. The van der Waals surface area contributed by atoms with Crippen molar-refractivity contribution in [2.24, 2.45) is 0 Å². The molecule has 104 valence electrons. The molecule has 0 spiro atoms. The Morgan fingerprint density at radius 2 is 2.00 bits per heavy atom. The summed E-state index contributed by atoms with van der Waals surface area (Å²) in [7, 11) is 3.96. The first-order valence-corrected chi connectivity index (χ1v) is 6.74. The first-order chi connectivity index (χ1) is 8.99. The van der Waals surface area contributed by atoms with Gasteiger partial charge in [-0.05, 0) is 57.6 Å². The van der Waals surface area contributed by atoms with Crippen LogP contribution in [-0.2, 0) is 0 Å². The molecule has 1 aromatic rings. The van der Waals surface area contributed by atoms with Gasteiger partial charge in [0.05, 0.1) is 0 Å². The van der Waals surface area contributed by atoms with E-state index in [0.29, 0.717) is 11.6 Å². The molecule has 0 radical (unpaired) electrons. The number of phenolic OH excluding ortho intramolecular Hbond substituents is 1. The van der Waals surface area contributed by atoms with Crippen LogP contribution >= 0.6 is 0 Å². The predicted octanol–water partition coefficient (Wildman–Crippen LogP) is 1.87. The number of carbonyl (C=O) groups excluding carboxylic acids is 1. The topological polar surface area (TPSA) is 43.8 Å². The highest BCUT2D eigenvalue weighted by atomic mass is 16.3. The zero-order valence-electron chi connectivity index (χ0n) is 11.9. The summed E-state index contributed by atoms with van der Waals surface area (Å²) in [6.45, 7) is 3.88. The Morgan fingerprint density at radius 1 is 1.37 bits per heavy atom. The van der Waals surface area contributed by atoms with Crippen LogP contribution in [0.2, 0.25) is 0 Å². The number of carbonyl (C=O) groups is 1. The van der Waals surface area contributed by atoms with Gasteiger partial charge in [0.1, 0.15) is 5.75 Å². The second-order valence-electron chi connectivity index (χ2n) is 5.45. The third kappa shape index (κ3) is 3.07. The van der Waals surface area contributed by atoms with Crippen molar-refractivity contribution in [1.29, 1.82) is 0 Å². The number of benzene rings is 1. The summed E-state index contributed by atoms with van der Waals surface area (Å²) in [5, 5.41) is 9.70. The maximum absolute atomic E-state index is 12.4. The molecule has 4 heteroatoms. The van der Waals surface area contributed by atoms with Crippen LogP contribution in [0.25, 0.3) is 0 Å². The highest BCUT2D eigenvalue weighted by Crippen LogP contribution is 2.21. The van der Waals surface area contributed by atoms with E-state index in [4.69, 9.17) is 0 Å². The minimum absolute atomic E-state index is 0.00940. The van der Waals surface area contributed by atoms with Gasteiger partial charge in [0, 0.05) is 18.7 Å². The van der Waals surface area contributed by atoms with Crippen LogP contribution in [-0.4, -0.2) is 54.0 Å². The standard InChI is InChI=1S/C15H22N2O2/c1-11-4-5-12(10-14(11)18)15(19)17(3)13-6-8-16(2)9-7-13/h4-5,10,13,18H,6-9H2,1-3H3. The Hall–Kier alpha value is -1.55. The molecule has 1 aliphatic heterocycles. The molecule has 0 bridgehead atoms. The number of piperidine rings is 1. The Bertz CT molecular complexity index is 465. The number of amides is 1. The van der Waals surface area contributed by atoms with Gasteiger partial charge in [-0.3, -0.25) is 4.79 Å². The fraction of sp³-hybridized carbons (Fsp3) is 0.533. The van der Waals surface area contributed by atoms with Crippen molar-refractivity contribution < 1.29 is 9.90 Å². The number of likely N-dealkylation sites (tertiary alicyclic amines) is 1. The minimum Gasteiger partial charge on any atom is -0.508 e. The lowest BCUT2D eigenvalue weighted by Gasteiger charge is -2.35. The van der Waals surface area contributed by atoms with Crippen LogP contribution in [0.4, 0.5) is 0 Å². The third-order valence-corrected chi connectivity index (χ3v) is 4.01. The van der Waals surface area contributed by atoms with Crippen LogP contribution in [0.15, 0.2) is 18.2 Å². The highest BCUT2D eigenvalue weighted by Gasteiger charge is 2.24. The summed E-state index contributed by atoms with van der Waals surface area (Å²) < 4.78 is 0. The molecule has 0 unspecified atom stereocenters. The van der Waals surface area contributed by atoms with Gasteiger partial charge in [0.15, 0.2) is 0 Å². The minimum atomic E-state index is -0.00940. The molecule has 1 aromatic carbocycles. The van der Waals surface area contributed by atoms with E-state index in [1.54, 1.807) is 18.2 Å². The van der Waals surface area contributed by atoms with E-state index < -0.39 is 0 Å². The molecule has 1 amide bonds. The van der Waals surface area contributed by atoms with Gasteiger partial charge in [-0.1, -0.05) is 6.07 Å². The zero-order chi connectivity index (χ0) is 14.0. The molecule has 1 N–H and O–H groups in total. The lowest BCUT2D eigenvalue weighted by molar-refractivity contribution is 0.0659. The van der Waals surface area contributed by atoms with Gasteiger partial charge >= 0.3 is 0 Å². The van der Waals surface area contributed by atoms with Crippen molar-refractivity contribution in [3.63, 3.8) is 0 Å². The van der Waals surface area contributed by atoms with Gasteiger partial charge in [-0.25, -0.2) is 0 Å². The normalized spacial score (nSPS) is 17.4. The number of hydrogen-bond acceptors (Lipinski definition) is 3. The third-order valence-electron chi connectivity index (χ3n) is 4.01. The summed E-state index contributed by atoms with van der Waals surface area (Å²) in [6, 6.07) is 5.42. The molecular formula is C15H22N2O2. The number of rotatable bonds is 2. The monoisotopic (exact) mass is 262 g/mol. The molecule has 1 aliphatic rings. The number of nitrogens with zero attached hydrogens (tertiary/aromatic N) is 2. The van der Waals surface area contributed by atoms with Gasteiger partial charge in [0.2, 0.25) is 0 Å². The lowest BCUT2D eigenvalue weighted by Crippen LogP contribution is -2.44. The second-order valence-corrected chi connectivity index (χ2v) is 5.45. The SMILES string of the molecule is Cc1ccc(C(=O)N(C)C2CCN(C)CC2)cc1O. The van der Waals surface area contributed by atoms with Crippen LogP contribution in [0, 0.1) is 6.92 Å². The van der Waals surface area contributed by atoms with E-state index in [9.17, 15) is 9.90 Å². The summed E-state index contributed by atoms with van der Waals surface area (Å²) in [5.41, 5.74) is 1.35. The highest BCUT2D eigenvalue weighted by molar-refractivity contribution is 5.94. The number of aromatic hydroxyl groups is 1. The molecule has 0 atom stereocenters. The Morgan fingerprint density at radius 3 is 2.58 bits per heavy atom. The smallest absolute Gasteiger partial charge is 0.253 e. The van der Waals surface area contributed by atoms with E-state index in [0.717, 1.165) is 31.5 Å². The molecule has 1 fully saturated rings. The molecular weight excluding hydrogens is 240 g/mol. The molecule has 0 aliphatic carbocycles. The number of aryl methyl sites for hydroxylation is 1. The van der Waals surface area contributed by atoms with E-state index in [1.165, 1.54) is 0 Å². The Balaban J connectivity index is 2.08. The largest absolute Gasteiger partial charge is 0.508 e. The molecule has 0 saturated carbocycles. The summed E-state index contributed by atoms with van der Waals surface area (Å²) >= 11 is 0. The Kier molecular flexibility index (Phi) is 4.10. The van der Waals surface area contributed by atoms with Crippen LogP contribution in [0.1, 0.15) is 28.8 Å². The average Bonchev–Trinajstić information content (AvgIpc) is 2.41. The van der Waals surface area contributed by atoms with Crippen molar-refractivity contribution in [2.75, 3.05) is 27.2 Å². The van der Waals surface area contributed by atoms with Crippen LogP contribution in [0.5, 0.6) is 5.75 Å². The molecule has 1 saturated heterocycles. The fourth-order valence-electron chi connectivity index (χ4n) is 2.49. The van der Waals surface area contributed by atoms with E-state index in [2.05, 4.69) is 11.9 Å². The van der Waals surface area contributed by atoms with Gasteiger partial charge in [-0.15, -0.1) is 0 Å². The van der Waals surface area contributed by atoms with Crippen molar-refractivity contribution in [3.05, 3.63) is 29.3 Å². The summed E-state index contributed by atoms with van der Waals surface area (Å²) in [5.74, 6) is 0.174. The summed E-state index contributed by atoms with van der Waals surface area (Å²) in [4.78, 5) is 16.5. The first kappa shape index (κ1) is 13.9. The van der Waals surface area contributed by atoms with E-state index >= 15 is 0 Å². The quantitative estimate of drug-likeness (QED) is 0.885. The molecule has 19 heavy (non-hydrogen) atoms. The van der Waals surface area contributed by atoms with Crippen molar-refractivity contribution in [3.8, 4) is 5.75 Å². The fourth-order valence-corrected chi connectivity index (χ4v) is 2.49. The maximum atomic E-state index is 12.4. The van der Waals surface area contributed by atoms with Crippen molar-refractivity contribution in [2.45, 2.75) is 25.8 Å². The predicted molar refractivity (Wildman–Crippen MR) is 75.5 cm³/mol. The van der Waals surface area contributed by atoms with Gasteiger partial charge in [0.25, 0.3) is 5.91 Å². The van der Waals surface area contributed by atoms with Gasteiger partial charge < -0.3 is 14.9 Å². The van der Waals surface area contributed by atoms with Crippen molar-refractivity contribution >= 4 is 5.91 Å². The summed E-state index contributed by atoms with van der Waals surface area (Å²) in [6.07, 6.45) is 2.02. The second kappa shape index (κ2) is 5.61. The van der Waals surface area contributed by atoms with Crippen LogP contribution in [0.3, 0.4) is 0 Å². The molecule has 4 nitrogen and oxygen atoms in total. The maximum Gasteiger partial charge on any atom is 0.253 e. The van der Waals surface area contributed by atoms with Crippen LogP contribution < -0.4 is 0 Å². The number of hydrogen-bond donors (Lipinski definition) is 1. The Labute approximate surface area is 114 Å².